The minimum atomic E-state index is -0.0222. The van der Waals surface area contributed by atoms with Crippen LogP contribution in [0.2, 0.25) is 0 Å². The Balaban J connectivity index is 1.74. The monoisotopic (exact) mass is 266 g/mol. The van der Waals surface area contributed by atoms with Crippen LogP contribution in [0.25, 0.3) is 0 Å². The first-order chi connectivity index (χ1) is 9.29. The summed E-state index contributed by atoms with van der Waals surface area (Å²) >= 11 is 0. The summed E-state index contributed by atoms with van der Waals surface area (Å²) in [6.45, 7) is 5.44. The van der Waals surface area contributed by atoms with E-state index in [4.69, 9.17) is 10.00 Å². The van der Waals surface area contributed by atoms with E-state index in [0.717, 1.165) is 45.7 Å². The van der Waals surface area contributed by atoms with E-state index in [-0.39, 0.29) is 6.03 Å². The molecule has 0 unspecified atom stereocenters. The summed E-state index contributed by atoms with van der Waals surface area (Å²) in [6, 6.07) is 2.44. The van der Waals surface area contributed by atoms with Crippen LogP contribution in [0.1, 0.15) is 19.3 Å². The first-order valence-electron chi connectivity index (χ1n) is 7.02. The first kappa shape index (κ1) is 14.1. The van der Waals surface area contributed by atoms with Crippen LogP contribution in [0, 0.1) is 11.3 Å². The van der Waals surface area contributed by atoms with Crippen LogP contribution >= 0.6 is 0 Å². The molecule has 2 amide bonds. The van der Waals surface area contributed by atoms with Crippen molar-refractivity contribution in [3.63, 3.8) is 0 Å². The van der Waals surface area contributed by atoms with Gasteiger partial charge in [-0.15, -0.1) is 0 Å². The van der Waals surface area contributed by atoms with E-state index in [1.165, 1.54) is 0 Å². The lowest BCUT2D eigenvalue weighted by Gasteiger charge is -2.29. The molecular weight excluding hydrogens is 244 g/mol. The zero-order chi connectivity index (χ0) is 13.5. The third kappa shape index (κ3) is 5.05. The van der Waals surface area contributed by atoms with E-state index in [1.54, 1.807) is 4.90 Å². The molecule has 1 saturated heterocycles. The highest BCUT2D eigenvalue weighted by molar-refractivity contribution is 5.74. The number of morpholine rings is 1. The minimum absolute atomic E-state index is 0.0222. The molecule has 0 spiro atoms. The van der Waals surface area contributed by atoms with Crippen molar-refractivity contribution in [1.82, 2.24) is 15.1 Å². The van der Waals surface area contributed by atoms with Gasteiger partial charge in [-0.1, -0.05) is 0 Å². The molecule has 19 heavy (non-hydrogen) atoms. The van der Waals surface area contributed by atoms with Crippen molar-refractivity contribution in [1.29, 1.82) is 5.26 Å². The van der Waals surface area contributed by atoms with Gasteiger partial charge in [0.25, 0.3) is 0 Å². The van der Waals surface area contributed by atoms with Crippen LogP contribution in [-0.4, -0.2) is 67.8 Å². The SMILES string of the molecule is N#CCCN(CCN1CCOCC1)C(=O)NC1CC1. The minimum Gasteiger partial charge on any atom is -0.379 e. The topological polar surface area (TPSA) is 68.6 Å². The largest absolute Gasteiger partial charge is 0.379 e. The second-order valence-electron chi connectivity index (χ2n) is 5.07. The van der Waals surface area contributed by atoms with Crippen LogP contribution in [0.5, 0.6) is 0 Å². The second kappa shape index (κ2) is 7.31. The van der Waals surface area contributed by atoms with Gasteiger partial charge < -0.3 is 15.0 Å². The summed E-state index contributed by atoms with van der Waals surface area (Å²) in [5.41, 5.74) is 0. The number of ether oxygens (including phenoxy) is 1. The Morgan fingerprint density at radius 2 is 2.11 bits per heavy atom. The maximum atomic E-state index is 12.0. The molecule has 0 atom stereocenters. The molecule has 2 rings (SSSR count). The van der Waals surface area contributed by atoms with Crippen molar-refractivity contribution >= 4 is 6.03 Å². The number of urea groups is 1. The van der Waals surface area contributed by atoms with Gasteiger partial charge in [0.15, 0.2) is 0 Å². The van der Waals surface area contributed by atoms with E-state index in [9.17, 15) is 4.79 Å². The van der Waals surface area contributed by atoms with Gasteiger partial charge in [-0.2, -0.15) is 5.26 Å². The Bertz CT molecular complexity index is 332. The standard InChI is InChI=1S/C13H22N4O2/c14-4-1-5-17(13(18)15-12-2-3-12)7-6-16-8-10-19-11-9-16/h12H,1-3,5-11H2,(H,15,18). The second-order valence-corrected chi connectivity index (χ2v) is 5.07. The summed E-state index contributed by atoms with van der Waals surface area (Å²) in [5.74, 6) is 0. The molecule has 1 N–H and O–H groups in total. The summed E-state index contributed by atoms with van der Waals surface area (Å²) in [5, 5.41) is 11.7. The summed E-state index contributed by atoms with van der Waals surface area (Å²) in [6.07, 6.45) is 2.56. The summed E-state index contributed by atoms with van der Waals surface area (Å²) in [7, 11) is 0. The van der Waals surface area contributed by atoms with Gasteiger partial charge in [0, 0.05) is 38.8 Å². The zero-order valence-electron chi connectivity index (χ0n) is 11.3. The normalized spacial score (nSPS) is 19.7. The van der Waals surface area contributed by atoms with E-state index >= 15 is 0 Å². The smallest absolute Gasteiger partial charge is 0.317 e. The van der Waals surface area contributed by atoms with Crippen LogP contribution in [0.3, 0.4) is 0 Å². The van der Waals surface area contributed by atoms with Crippen LogP contribution < -0.4 is 5.32 Å². The Hall–Kier alpha value is -1.32. The van der Waals surface area contributed by atoms with Gasteiger partial charge in [-0.25, -0.2) is 4.79 Å². The predicted octanol–water partition coefficient (Wildman–Crippen LogP) is 0.406. The molecule has 1 saturated carbocycles. The van der Waals surface area contributed by atoms with Gasteiger partial charge in [0.05, 0.1) is 25.7 Å². The lowest BCUT2D eigenvalue weighted by Crippen LogP contribution is -2.46. The highest BCUT2D eigenvalue weighted by Gasteiger charge is 2.26. The van der Waals surface area contributed by atoms with Crippen LogP contribution in [0.4, 0.5) is 4.79 Å². The fourth-order valence-electron chi connectivity index (χ4n) is 2.08. The Kier molecular flexibility index (Phi) is 5.43. The maximum Gasteiger partial charge on any atom is 0.317 e. The molecule has 0 bridgehead atoms. The molecular formula is C13H22N4O2. The molecule has 0 aromatic heterocycles. The van der Waals surface area contributed by atoms with Gasteiger partial charge >= 0.3 is 6.03 Å². The lowest BCUT2D eigenvalue weighted by atomic mass is 10.3. The van der Waals surface area contributed by atoms with Gasteiger partial charge in [0.1, 0.15) is 0 Å². The van der Waals surface area contributed by atoms with Crippen molar-refractivity contribution in [3.05, 3.63) is 0 Å². The molecule has 106 valence electrons. The van der Waals surface area contributed by atoms with Crippen LogP contribution in [-0.2, 0) is 4.74 Å². The quantitative estimate of drug-likeness (QED) is 0.756. The average Bonchev–Trinajstić information content (AvgIpc) is 3.24. The molecule has 1 heterocycles. The van der Waals surface area contributed by atoms with E-state index in [1.807, 2.05) is 0 Å². The fraction of sp³-hybridized carbons (Fsp3) is 0.846. The van der Waals surface area contributed by atoms with Crippen molar-refractivity contribution in [3.8, 4) is 6.07 Å². The molecule has 0 radical (unpaired) electrons. The predicted molar refractivity (Wildman–Crippen MR) is 70.6 cm³/mol. The van der Waals surface area contributed by atoms with E-state index in [2.05, 4.69) is 16.3 Å². The van der Waals surface area contributed by atoms with E-state index in [0.29, 0.717) is 25.6 Å². The van der Waals surface area contributed by atoms with Crippen molar-refractivity contribution in [2.45, 2.75) is 25.3 Å². The Morgan fingerprint density at radius 1 is 1.37 bits per heavy atom. The van der Waals surface area contributed by atoms with E-state index < -0.39 is 0 Å². The summed E-state index contributed by atoms with van der Waals surface area (Å²) in [4.78, 5) is 16.1. The average molecular weight is 266 g/mol. The van der Waals surface area contributed by atoms with Crippen molar-refractivity contribution in [2.24, 2.45) is 0 Å². The number of amides is 2. The summed E-state index contributed by atoms with van der Waals surface area (Å²) < 4.78 is 5.30. The van der Waals surface area contributed by atoms with Gasteiger partial charge in [-0.3, -0.25) is 4.90 Å². The van der Waals surface area contributed by atoms with Gasteiger partial charge in [0.2, 0.25) is 0 Å². The molecule has 6 nitrogen and oxygen atoms in total. The first-order valence-corrected chi connectivity index (χ1v) is 7.02. The fourth-order valence-corrected chi connectivity index (χ4v) is 2.08. The van der Waals surface area contributed by atoms with Crippen LogP contribution in [0.15, 0.2) is 0 Å². The molecule has 1 aliphatic carbocycles. The number of hydrogen-bond acceptors (Lipinski definition) is 4. The zero-order valence-corrected chi connectivity index (χ0v) is 11.3. The highest BCUT2D eigenvalue weighted by atomic mass is 16.5. The molecule has 1 aliphatic heterocycles. The highest BCUT2D eigenvalue weighted by Crippen LogP contribution is 2.18. The molecule has 0 aromatic carbocycles. The molecule has 2 fully saturated rings. The maximum absolute atomic E-state index is 12.0. The van der Waals surface area contributed by atoms with Crippen molar-refractivity contribution < 1.29 is 9.53 Å². The molecule has 0 aromatic rings. The number of nitrogens with one attached hydrogen (secondary N) is 1. The third-order valence-electron chi connectivity index (χ3n) is 3.48. The molecule has 6 heteroatoms. The number of rotatable bonds is 6. The lowest BCUT2D eigenvalue weighted by molar-refractivity contribution is 0.0350. The number of carbonyl (C=O) groups excluding carboxylic acids is 1. The number of nitrogens with zero attached hydrogens (tertiary/aromatic N) is 3. The number of hydrogen-bond donors (Lipinski definition) is 1. The van der Waals surface area contributed by atoms with Gasteiger partial charge in [-0.05, 0) is 12.8 Å². The Morgan fingerprint density at radius 3 is 2.74 bits per heavy atom. The van der Waals surface area contributed by atoms with Crippen molar-refractivity contribution in [2.75, 3.05) is 45.9 Å². The number of nitriles is 1. The molecule has 2 aliphatic rings. The Labute approximate surface area is 114 Å². The third-order valence-corrected chi connectivity index (χ3v) is 3.48. The number of carbonyl (C=O) groups is 1.